The number of phenols is 1. The summed E-state index contributed by atoms with van der Waals surface area (Å²) in [5.74, 6) is -0.0202. The van der Waals surface area contributed by atoms with Crippen molar-refractivity contribution in [2.75, 3.05) is 13.1 Å². The molecule has 0 spiro atoms. The first-order valence-electron chi connectivity index (χ1n) is 5.68. The van der Waals surface area contributed by atoms with Crippen molar-refractivity contribution in [1.82, 2.24) is 10.6 Å². The largest absolute Gasteiger partial charge is 0.508 e. The summed E-state index contributed by atoms with van der Waals surface area (Å²) in [5, 5.41) is 16.3. The topological polar surface area (TPSA) is 61.4 Å². The van der Waals surface area contributed by atoms with E-state index < -0.39 is 0 Å². The number of hydrogen-bond acceptors (Lipinski definition) is 3. The first-order chi connectivity index (χ1) is 8.50. The Labute approximate surface area is 115 Å². The molecule has 4 nitrogen and oxygen atoms in total. The maximum Gasteiger partial charge on any atom is 0.226 e. The van der Waals surface area contributed by atoms with Crippen molar-refractivity contribution in [1.29, 1.82) is 0 Å². The van der Waals surface area contributed by atoms with Crippen LogP contribution < -0.4 is 10.6 Å². The molecule has 1 saturated heterocycles. The second kappa shape index (κ2) is 5.34. The fraction of sp³-hybridized carbons (Fsp3) is 0.417. The highest BCUT2D eigenvalue weighted by Gasteiger charge is 2.27. The van der Waals surface area contributed by atoms with Gasteiger partial charge in [0.1, 0.15) is 5.75 Å². The summed E-state index contributed by atoms with van der Waals surface area (Å²) in [7, 11) is 0. The molecule has 2 rings (SSSR count). The van der Waals surface area contributed by atoms with Crippen molar-refractivity contribution in [3.63, 3.8) is 0 Å². The molecular formula is C12H14Cl2N2O2. The van der Waals surface area contributed by atoms with Gasteiger partial charge in [-0.25, -0.2) is 0 Å². The first-order valence-corrected chi connectivity index (χ1v) is 6.44. The zero-order valence-electron chi connectivity index (χ0n) is 9.84. The summed E-state index contributed by atoms with van der Waals surface area (Å²) in [4.78, 5) is 11.8. The number of amides is 1. The molecule has 0 aliphatic carbocycles. The van der Waals surface area contributed by atoms with E-state index in [1.807, 2.05) is 0 Å². The van der Waals surface area contributed by atoms with Gasteiger partial charge < -0.3 is 15.7 Å². The average Bonchev–Trinajstić information content (AvgIpc) is 2.21. The molecule has 3 N–H and O–H groups in total. The van der Waals surface area contributed by atoms with Crippen molar-refractivity contribution < 1.29 is 9.90 Å². The molecule has 0 radical (unpaired) electrons. The Morgan fingerprint density at radius 1 is 1.50 bits per heavy atom. The maximum atomic E-state index is 11.8. The van der Waals surface area contributed by atoms with Crippen LogP contribution in [0.5, 0.6) is 5.75 Å². The molecule has 0 aromatic heterocycles. The third kappa shape index (κ3) is 2.55. The third-order valence-corrected chi connectivity index (χ3v) is 3.87. The summed E-state index contributed by atoms with van der Waals surface area (Å²) in [6.07, 6.45) is 0. The molecule has 98 valence electrons. The minimum Gasteiger partial charge on any atom is -0.508 e. The normalized spacial score (nSPS) is 17.1. The fourth-order valence-electron chi connectivity index (χ4n) is 1.85. The molecule has 1 amide bonds. The van der Waals surface area contributed by atoms with Gasteiger partial charge in [0, 0.05) is 18.7 Å². The van der Waals surface area contributed by atoms with Gasteiger partial charge in [0.15, 0.2) is 0 Å². The van der Waals surface area contributed by atoms with Crippen LogP contribution >= 0.6 is 23.2 Å². The lowest BCUT2D eigenvalue weighted by Crippen LogP contribution is -2.51. The lowest BCUT2D eigenvalue weighted by molar-refractivity contribution is -0.127. The van der Waals surface area contributed by atoms with Gasteiger partial charge >= 0.3 is 0 Å². The molecule has 1 aliphatic heterocycles. The van der Waals surface area contributed by atoms with Crippen LogP contribution in [0.15, 0.2) is 12.1 Å². The summed E-state index contributed by atoms with van der Waals surface area (Å²) >= 11 is 12.0. The maximum absolute atomic E-state index is 11.8. The molecule has 0 saturated carbocycles. The quantitative estimate of drug-likeness (QED) is 0.798. The van der Waals surface area contributed by atoms with Crippen molar-refractivity contribution in [2.24, 2.45) is 5.92 Å². The highest BCUT2D eigenvalue weighted by molar-refractivity contribution is 6.42. The minimum absolute atomic E-state index is 0.00690. The Morgan fingerprint density at radius 3 is 2.72 bits per heavy atom. The summed E-state index contributed by atoms with van der Waals surface area (Å²) < 4.78 is 0. The van der Waals surface area contributed by atoms with Gasteiger partial charge in [0.25, 0.3) is 0 Å². The minimum atomic E-state index is -0.385. The number of rotatable bonds is 3. The van der Waals surface area contributed by atoms with E-state index in [-0.39, 0.29) is 28.6 Å². The Balaban J connectivity index is 2.15. The van der Waals surface area contributed by atoms with Gasteiger partial charge in [0.05, 0.1) is 22.0 Å². The van der Waals surface area contributed by atoms with Crippen LogP contribution in [0.3, 0.4) is 0 Å². The van der Waals surface area contributed by atoms with Crippen LogP contribution in [0, 0.1) is 5.92 Å². The molecule has 0 bridgehead atoms. The van der Waals surface area contributed by atoms with Crippen LogP contribution in [0.2, 0.25) is 10.0 Å². The van der Waals surface area contributed by atoms with Gasteiger partial charge in [-0.1, -0.05) is 23.2 Å². The third-order valence-electron chi connectivity index (χ3n) is 3.05. The number of halogens is 2. The Bertz CT molecular complexity index is 475. The van der Waals surface area contributed by atoms with Crippen LogP contribution in [-0.2, 0) is 4.79 Å². The number of benzene rings is 1. The van der Waals surface area contributed by atoms with E-state index in [0.717, 1.165) is 0 Å². The fourth-order valence-corrected chi connectivity index (χ4v) is 2.33. The summed E-state index contributed by atoms with van der Waals surface area (Å²) in [5.41, 5.74) is 0.449. The molecule has 6 heteroatoms. The molecule has 1 aromatic rings. The number of carbonyl (C=O) groups is 1. The van der Waals surface area contributed by atoms with Crippen LogP contribution in [0.1, 0.15) is 18.5 Å². The summed E-state index contributed by atoms with van der Waals surface area (Å²) in [6, 6.07) is 2.61. The number of hydrogen-bond donors (Lipinski definition) is 3. The zero-order valence-corrected chi connectivity index (χ0v) is 11.3. The summed E-state index contributed by atoms with van der Waals surface area (Å²) in [6.45, 7) is 3.14. The Morgan fingerprint density at radius 2 is 2.17 bits per heavy atom. The number of phenolic OH excluding ortho intramolecular Hbond substituents is 1. The van der Waals surface area contributed by atoms with E-state index in [1.54, 1.807) is 6.92 Å². The average molecular weight is 289 g/mol. The highest BCUT2D eigenvalue weighted by Crippen LogP contribution is 2.36. The van der Waals surface area contributed by atoms with Crippen LogP contribution in [0.25, 0.3) is 0 Å². The number of nitrogens with one attached hydrogen (secondary N) is 2. The van der Waals surface area contributed by atoms with Crippen LogP contribution in [0.4, 0.5) is 0 Å². The van der Waals surface area contributed by atoms with E-state index in [2.05, 4.69) is 10.6 Å². The van der Waals surface area contributed by atoms with Gasteiger partial charge in [-0.3, -0.25) is 4.79 Å². The lowest BCUT2D eigenvalue weighted by atomic mass is 10.0. The molecule has 1 fully saturated rings. The van der Waals surface area contributed by atoms with E-state index in [4.69, 9.17) is 23.2 Å². The smallest absolute Gasteiger partial charge is 0.226 e. The molecule has 1 aliphatic rings. The van der Waals surface area contributed by atoms with Gasteiger partial charge in [-0.15, -0.1) is 0 Å². The number of carbonyl (C=O) groups excluding carboxylic acids is 1. The Hall–Kier alpha value is -0.970. The van der Waals surface area contributed by atoms with E-state index in [9.17, 15) is 9.90 Å². The second-order valence-corrected chi connectivity index (χ2v) is 5.16. The molecular weight excluding hydrogens is 275 g/mol. The highest BCUT2D eigenvalue weighted by atomic mass is 35.5. The van der Waals surface area contributed by atoms with Gasteiger partial charge in [0.2, 0.25) is 5.91 Å². The van der Waals surface area contributed by atoms with Crippen LogP contribution in [-0.4, -0.2) is 24.1 Å². The van der Waals surface area contributed by atoms with E-state index >= 15 is 0 Å². The van der Waals surface area contributed by atoms with Crippen molar-refractivity contribution in [3.05, 3.63) is 27.7 Å². The predicted octanol–water partition coefficient (Wildman–Crippen LogP) is 2.10. The first kappa shape index (κ1) is 13.5. The van der Waals surface area contributed by atoms with E-state index in [0.29, 0.717) is 23.7 Å². The molecule has 1 heterocycles. The van der Waals surface area contributed by atoms with Crippen molar-refractivity contribution >= 4 is 29.1 Å². The monoisotopic (exact) mass is 288 g/mol. The zero-order chi connectivity index (χ0) is 13.3. The van der Waals surface area contributed by atoms with Gasteiger partial charge in [-0.05, 0) is 19.1 Å². The number of aromatic hydroxyl groups is 1. The van der Waals surface area contributed by atoms with Crippen molar-refractivity contribution in [2.45, 2.75) is 13.0 Å². The second-order valence-electron chi connectivity index (χ2n) is 4.38. The van der Waals surface area contributed by atoms with E-state index in [1.165, 1.54) is 12.1 Å². The predicted molar refractivity (Wildman–Crippen MR) is 71.0 cm³/mol. The van der Waals surface area contributed by atoms with Gasteiger partial charge in [-0.2, -0.15) is 0 Å². The molecule has 1 atom stereocenters. The molecule has 1 aromatic carbocycles. The molecule has 18 heavy (non-hydrogen) atoms. The van der Waals surface area contributed by atoms with Crippen molar-refractivity contribution in [3.8, 4) is 5.75 Å². The SMILES string of the molecule is CC(NC(=O)C1CNC1)c1c(O)ccc(Cl)c1Cl. The molecule has 1 unspecified atom stereocenters. The Kier molecular flexibility index (Phi) is 4.00. The lowest BCUT2D eigenvalue weighted by Gasteiger charge is -2.28. The standard InChI is InChI=1S/C12H14Cl2N2O2/c1-6(16-12(18)7-4-15-5-7)10-9(17)3-2-8(13)11(10)14/h2-3,6-7,15,17H,4-5H2,1H3,(H,16,18).